The van der Waals surface area contributed by atoms with Crippen LogP contribution in [0.3, 0.4) is 0 Å². The van der Waals surface area contributed by atoms with Crippen molar-refractivity contribution < 1.29 is 23.9 Å². The Kier molecular flexibility index (Phi) is 12.2. The van der Waals surface area contributed by atoms with Crippen LogP contribution >= 0.6 is 0 Å². The molecular weight excluding hydrogens is 582 g/mol. The predicted molar refractivity (Wildman–Crippen MR) is 178 cm³/mol. The van der Waals surface area contributed by atoms with Gasteiger partial charge in [0.1, 0.15) is 24.2 Å². The summed E-state index contributed by atoms with van der Waals surface area (Å²) in [6.07, 6.45) is 8.62. The average molecular weight is 626 g/mol. The minimum Gasteiger partial charge on any atom is -0.457 e. The summed E-state index contributed by atoms with van der Waals surface area (Å²) >= 11 is 0. The van der Waals surface area contributed by atoms with Gasteiger partial charge in [-0.05, 0) is 81.2 Å². The van der Waals surface area contributed by atoms with E-state index in [9.17, 15) is 19.2 Å². The first-order valence-electron chi connectivity index (χ1n) is 15.7. The molecule has 10 nitrogen and oxygen atoms in total. The molecule has 1 aromatic heterocycles. The van der Waals surface area contributed by atoms with Crippen LogP contribution in [0.4, 0.5) is 0 Å². The number of rotatable bonds is 13. The minimum atomic E-state index is -0.895. The van der Waals surface area contributed by atoms with Crippen LogP contribution in [-0.2, 0) is 30.3 Å². The number of hydrogen-bond acceptors (Lipinski definition) is 7. The maximum absolute atomic E-state index is 13.4. The highest BCUT2D eigenvalue weighted by atomic mass is 16.5. The number of hydrazine groups is 1. The van der Waals surface area contributed by atoms with Crippen LogP contribution < -0.4 is 16.1 Å². The largest absolute Gasteiger partial charge is 0.457 e. The van der Waals surface area contributed by atoms with Crippen LogP contribution in [-0.4, -0.2) is 58.4 Å². The fourth-order valence-electron chi connectivity index (χ4n) is 5.29. The number of allylic oxidation sites excluding steroid dienone is 1. The Labute approximate surface area is 270 Å². The normalized spacial score (nSPS) is 16.8. The van der Waals surface area contributed by atoms with Gasteiger partial charge >= 0.3 is 5.97 Å². The van der Waals surface area contributed by atoms with E-state index in [1.165, 1.54) is 5.01 Å². The summed E-state index contributed by atoms with van der Waals surface area (Å²) in [4.78, 5) is 56.6. The van der Waals surface area contributed by atoms with Crippen LogP contribution in [0.1, 0.15) is 69.4 Å². The van der Waals surface area contributed by atoms with Gasteiger partial charge in [-0.1, -0.05) is 61.2 Å². The summed E-state index contributed by atoms with van der Waals surface area (Å²) in [7, 11) is 0. The second kappa shape index (κ2) is 16.5. The average Bonchev–Trinajstić information content (AvgIpc) is 3.08. The van der Waals surface area contributed by atoms with Gasteiger partial charge in [-0.15, -0.1) is 0 Å². The second-order valence-corrected chi connectivity index (χ2v) is 11.5. The van der Waals surface area contributed by atoms with E-state index >= 15 is 0 Å². The molecule has 2 aromatic carbocycles. The number of ether oxygens (including phenoxy) is 1. The van der Waals surface area contributed by atoms with E-state index in [1.54, 1.807) is 31.3 Å². The van der Waals surface area contributed by atoms with Gasteiger partial charge < -0.3 is 15.4 Å². The third kappa shape index (κ3) is 9.34. The van der Waals surface area contributed by atoms with E-state index in [0.29, 0.717) is 32.2 Å². The molecule has 46 heavy (non-hydrogen) atoms. The standard InChI is InChI=1S/C36H43N5O5/c1-5-7-15-33(42)39-31(19-16-26-12-9-8-10-13-26)34(43)38-24(3)35(44)41-20-11-14-32(40-41)36(45)46-25(4)27-17-18-28-23-37-30(6-2)22-29(28)21-27/h5-10,12-13,17-18,21-25,31-32,40H,2,11,14-16,19-20H2,1,3-4H3,(H,38,43)(H,39,42)/b7-5+/t24-,25+,31-,32-/m0/s1. The number of carbonyl (C=O) groups excluding carboxylic acids is 4. The van der Waals surface area contributed by atoms with Crippen LogP contribution in [0.2, 0.25) is 0 Å². The molecule has 0 saturated carbocycles. The molecule has 242 valence electrons. The number of nitrogens with zero attached hydrogens (tertiary/aromatic N) is 2. The van der Waals surface area contributed by atoms with Crippen LogP contribution in [0.5, 0.6) is 0 Å². The van der Waals surface area contributed by atoms with E-state index in [0.717, 1.165) is 27.6 Å². The van der Waals surface area contributed by atoms with Crippen molar-refractivity contribution in [2.24, 2.45) is 0 Å². The smallest absolute Gasteiger partial charge is 0.325 e. The lowest BCUT2D eigenvalue weighted by atomic mass is 10.0. The van der Waals surface area contributed by atoms with E-state index < -0.39 is 36.1 Å². The zero-order chi connectivity index (χ0) is 33.1. The van der Waals surface area contributed by atoms with Crippen molar-refractivity contribution in [2.75, 3.05) is 6.54 Å². The Bertz CT molecular complexity index is 1570. The minimum absolute atomic E-state index is 0.155. The highest BCUT2D eigenvalue weighted by molar-refractivity contribution is 5.92. The van der Waals surface area contributed by atoms with Gasteiger partial charge in [0.15, 0.2) is 0 Å². The summed E-state index contributed by atoms with van der Waals surface area (Å²) in [5, 5.41) is 8.87. The number of benzene rings is 2. The molecule has 1 saturated heterocycles. The van der Waals surface area contributed by atoms with Crippen LogP contribution in [0.25, 0.3) is 16.8 Å². The number of esters is 1. The van der Waals surface area contributed by atoms with Crippen molar-refractivity contribution in [2.45, 2.75) is 77.1 Å². The van der Waals surface area contributed by atoms with Gasteiger partial charge in [0.25, 0.3) is 5.91 Å². The highest BCUT2D eigenvalue weighted by Crippen LogP contribution is 2.24. The molecule has 1 aliphatic heterocycles. The summed E-state index contributed by atoms with van der Waals surface area (Å²) in [6, 6.07) is 15.0. The molecule has 1 fully saturated rings. The summed E-state index contributed by atoms with van der Waals surface area (Å²) in [6.45, 7) is 9.37. The van der Waals surface area contributed by atoms with Crippen molar-refractivity contribution >= 4 is 40.5 Å². The maximum Gasteiger partial charge on any atom is 0.325 e. The maximum atomic E-state index is 13.4. The summed E-state index contributed by atoms with van der Waals surface area (Å²) in [5.41, 5.74) is 5.63. The lowest BCUT2D eigenvalue weighted by Gasteiger charge is -2.35. The van der Waals surface area contributed by atoms with E-state index in [-0.39, 0.29) is 18.2 Å². The molecule has 0 spiro atoms. The number of fused-ring (bicyclic) bond motifs is 1. The SMILES string of the molecule is C=Cc1cc2cc([C@@H](C)OC(=O)[C@@H]3CCCN(C(=O)[C@H](C)NC(=O)[C@H](CCc4ccccc4)NC(=O)C/C=C/C)N3)ccc2cn1. The lowest BCUT2D eigenvalue weighted by Crippen LogP contribution is -2.60. The topological polar surface area (TPSA) is 130 Å². The van der Waals surface area contributed by atoms with Crippen molar-refractivity contribution in [1.82, 2.24) is 26.1 Å². The van der Waals surface area contributed by atoms with Gasteiger partial charge in [-0.3, -0.25) is 29.2 Å². The van der Waals surface area contributed by atoms with Crippen molar-refractivity contribution in [3.8, 4) is 0 Å². The monoisotopic (exact) mass is 625 g/mol. The molecule has 0 radical (unpaired) electrons. The van der Waals surface area contributed by atoms with E-state index in [2.05, 4.69) is 27.6 Å². The zero-order valence-electron chi connectivity index (χ0n) is 26.7. The van der Waals surface area contributed by atoms with Crippen molar-refractivity contribution in [3.63, 3.8) is 0 Å². The molecule has 0 bridgehead atoms. The predicted octanol–water partition coefficient (Wildman–Crippen LogP) is 4.57. The van der Waals surface area contributed by atoms with Gasteiger partial charge in [0, 0.05) is 24.5 Å². The fourth-order valence-corrected chi connectivity index (χ4v) is 5.29. The number of pyridine rings is 1. The quantitative estimate of drug-likeness (QED) is 0.188. The molecular formula is C36H43N5O5. The van der Waals surface area contributed by atoms with E-state index in [4.69, 9.17) is 4.74 Å². The number of carbonyl (C=O) groups is 4. The zero-order valence-corrected chi connectivity index (χ0v) is 26.7. The third-order valence-corrected chi connectivity index (χ3v) is 7.96. The van der Waals surface area contributed by atoms with Gasteiger partial charge in [0.05, 0.1) is 5.69 Å². The molecule has 1 aliphatic rings. The van der Waals surface area contributed by atoms with Crippen LogP contribution in [0, 0.1) is 0 Å². The Morgan fingerprint density at radius 3 is 2.61 bits per heavy atom. The molecule has 10 heteroatoms. The molecule has 3 amide bonds. The number of aryl methyl sites for hydroxylation is 1. The fraction of sp³-hybridized carbons (Fsp3) is 0.361. The number of hydrogen-bond donors (Lipinski definition) is 3. The Morgan fingerprint density at radius 2 is 1.87 bits per heavy atom. The Hall–Kier alpha value is -4.83. The molecule has 2 heterocycles. The summed E-state index contributed by atoms with van der Waals surface area (Å²) in [5.74, 6) is -1.57. The molecule has 4 atom stereocenters. The van der Waals surface area contributed by atoms with Gasteiger partial charge in [0.2, 0.25) is 11.8 Å². The highest BCUT2D eigenvalue weighted by Gasteiger charge is 2.33. The van der Waals surface area contributed by atoms with Crippen molar-refractivity contribution in [1.29, 1.82) is 0 Å². The Morgan fingerprint density at radius 1 is 1.09 bits per heavy atom. The van der Waals surface area contributed by atoms with Crippen molar-refractivity contribution in [3.05, 3.63) is 96.3 Å². The third-order valence-electron chi connectivity index (χ3n) is 7.96. The Balaban J connectivity index is 1.34. The number of aromatic nitrogens is 1. The molecule has 3 N–H and O–H groups in total. The first-order valence-corrected chi connectivity index (χ1v) is 15.7. The molecule has 0 unspecified atom stereocenters. The molecule has 4 rings (SSSR count). The first kappa shape index (κ1) is 34.1. The van der Waals surface area contributed by atoms with Crippen LogP contribution in [0.15, 0.2) is 79.5 Å². The molecule has 0 aliphatic carbocycles. The molecule has 3 aromatic rings. The van der Waals surface area contributed by atoms with E-state index in [1.807, 2.05) is 68.4 Å². The van der Waals surface area contributed by atoms with Gasteiger partial charge in [-0.25, -0.2) is 5.43 Å². The second-order valence-electron chi connectivity index (χ2n) is 11.5. The number of amides is 3. The number of nitrogens with one attached hydrogen (secondary N) is 3. The first-order chi connectivity index (χ1) is 22.2. The lowest BCUT2D eigenvalue weighted by molar-refractivity contribution is -0.157. The van der Waals surface area contributed by atoms with Gasteiger partial charge in [-0.2, -0.15) is 0 Å². The summed E-state index contributed by atoms with van der Waals surface area (Å²) < 4.78 is 5.80.